The van der Waals surface area contributed by atoms with Crippen LogP contribution in [-0.2, 0) is 6.54 Å². The van der Waals surface area contributed by atoms with Gasteiger partial charge in [0, 0.05) is 24.4 Å². The van der Waals surface area contributed by atoms with Crippen molar-refractivity contribution in [3.8, 4) is 11.5 Å². The average Bonchev–Trinajstić information content (AvgIpc) is 2.41. The Balaban J connectivity index is 2.14. The van der Waals surface area contributed by atoms with Crippen LogP contribution in [0.4, 0.5) is 0 Å². The summed E-state index contributed by atoms with van der Waals surface area (Å²) in [5.74, 6) is 2.11. The van der Waals surface area contributed by atoms with Gasteiger partial charge in [0.1, 0.15) is 11.5 Å². The van der Waals surface area contributed by atoms with Crippen LogP contribution in [0, 0.1) is 12.8 Å². The highest BCUT2D eigenvalue weighted by Crippen LogP contribution is 2.27. The van der Waals surface area contributed by atoms with Crippen molar-refractivity contribution in [3.05, 3.63) is 52.8 Å². The fourth-order valence-electron chi connectivity index (χ4n) is 2.02. The van der Waals surface area contributed by atoms with Gasteiger partial charge in [-0.1, -0.05) is 43.1 Å². The predicted octanol–water partition coefficient (Wildman–Crippen LogP) is 4.58. The summed E-state index contributed by atoms with van der Waals surface area (Å²) >= 11 is 5.94. The van der Waals surface area contributed by atoms with Crippen LogP contribution in [0.3, 0.4) is 0 Å². The third-order valence-electron chi connectivity index (χ3n) is 2.99. The number of benzene rings is 1. The largest absolute Gasteiger partial charge is 0.455 e. The van der Waals surface area contributed by atoms with Crippen LogP contribution in [0.2, 0.25) is 5.02 Å². The quantitative estimate of drug-likeness (QED) is 0.848. The average molecular weight is 305 g/mol. The monoisotopic (exact) mass is 304 g/mol. The van der Waals surface area contributed by atoms with Crippen molar-refractivity contribution >= 4 is 11.6 Å². The normalized spacial score (nSPS) is 10.9. The molecule has 3 nitrogen and oxygen atoms in total. The van der Waals surface area contributed by atoms with Gasteiger partial charge in [-0.3, -0.25) is 4.98 Å². The minimum Gasteiger partial charge on any atom is -0.455 e. The molecule has 1 aromatic carbocycles. The van der Waals surface area contributed by atoms with E-state index in [0.29, 0.717) is 16.7 Å². The summed E-state index contributed by atoms with van der Waals surface area (Å²) in [6.45, 7) is 8.22. The van der Waals surface area contributed by atoms with E-state index in [4.69, 9.17) is 16.3 Å². The zero-order valence-electron chi connectivity index (χ0n) is 12.7. The van der Waals surface area contributed by atoms with Crippen LogP contribution in [0.15, 0.2) is 36.7 Å². The van der Waals surface area contributed by atoms with E-state index >= 15 is 0 Å². The van der Waals surface area contributed by atoms with Gasteiger partial charge in [0.25, 0.3) is 0 Å². The molecule has 0 amide bonds. The first kappa shape index (κ1) is 15.8. The molecule has 2 rings (SSSR count). The molecular weight excluding hydrogens is 284 g/mol. The van der Waals surface area contributed by atoms with Gasteiger partial charge in [-0.25, -0.2) is 0 Å². The molecule has 0 bridgehead atoms. The van der Waals surface area contributed by atoms with E-state index in [1.807, 2.05) is 12.1 Å². The van der Waals surface area contributed by atoms with Crippen molar-refractivity contribution in [3.63, 3.8) is 0 Å². The van der Waals surface area contributed by atoms with Gasteiger partial charge in [-0.15, -0.1) is 0 Å². The lowest BCUT2D eigenvalue weighted by Gasteiger charge is -2.13. The smallest absolute Gasteiger partial charge is 0.147 e. The van der Waals surface area contributed by atoms with E-state index in [1.165, 1.54) is 5.56 Å². The maximum atomic E-state index is 5.94. The van der Waals surface area contributed by atoms with E-state index in [0.717, 1.165) is 24.4 Å². The van der Waals surface area contributed by atoms with Gasteiger partial charge in [-0.2, -0.15) is 0 Å². The molecule has 4 heteroatoms. The molecular formula is C17H21ClN2O. The van der Waals surface area contributed by atoms with Crippen LogP contribution >= 0.6 is 11.6 Å². The maximum absolute atomic E-state index is 5.94. The summed E-state index contributed by atoms with van der Waals surface area (Å²) in [4.78, 5) is 4.04. The molecule has 1 heterocycles. The second-order valence-corrected chi connectivity index (χ2v) is 6.01. The van der Waals surface area contributed by atoms with Gasteiger partial charge in [0.2, 0.25) is 0 Å². The molecule has 0 saturated heterocycles. The Hall–Kier alpha value is -1.58. The van der Waals surface area contributed by atoms with Gasteiger partial charge < -0.3 is 10.1 Å². The molecule has 112 valence electrons. The minimum absolute atomic E-state index is 0.569. The number of ether oxygens (including phenoxy) is 1. The number of aromatic nitrogens is 1. The highest BCUT2D eigenvalue weighted by molar-refractivity contribution is 6.30. The highest BCUT2D eigenvalue weighted by Gasteiger charge is 2.07. The summed E-state index contributed by atoms with van der Waals surface area (Å²) in [5, 5.41) is 4.01. The number of hydrogen-bond donors (Lipinski definition) is 1. The molecule has 1 N–H and O–H groups in total. The van der Waals surface area contributed by atoms with Crippen LogP contribution in [0.25, 0.3) is 0 Å². The van der Waals surface area contributed by atoms with E-state index in [9.17, 15) is 0 Å². The first-order chi connectivity index (χ1) is 10.0. The van der Waals surface area contributed by atoms with Crippen LogP contribution in [-0.4, -0.2) is 11.5 Å². The Morgan fingerprint density at radius 2 is 2.05 bits per heavy atom. The molecule has 21 heavy (non-hydrogen) atoms. The van der Waals surface area contributed by atoms with Crippen molar-refractivity contribution in [2.24, 2.45) is 5.92 Å². The van der Waals surface area contributed by atoms with Crippen molar-refractivity contribution in [1.29, 1.82) is 0 Å². The molecule has 0 fully saturated rings. The number of nitrogens with one attached hydrogen (secondary N) is 1. The number of rotatable bonds is 6. The summed E-state index contributed by atoms with van der Waals surface area (Å²) < 4.78 is 5.92. The standard InChI is InChI=1S/C17H21ClN2O/c1-12(2)8-19-9-14-6-13(3)4-5-17(14)21-16-7-15(18)10-20-11-16/h4-7,10-12,19H,8-9H2,1-3H3. The van der Waals surface area contributed by atoms with Crippen molar-refractivity contribution in [2.75, 3.05) is 6.54 Å². The summed E-state index contributed by atoms with van der Waals surface area (Å²) in [5.41, 5.74) is 2.35. The molecule has 0 aliphatic carbocycles. The third kappa shape index (κ3) is 5.03. The van der Waals surface area contributed by atoms with Crippen LogP contribution < -0.4 is 10.1 Å². The highest BCUT2D eigenvalue weighted by atomic mass is 35.5. The van der Waals surface area contributed by atoms with E-state index < -0.39 is 0 Å². The van der Waals surface area contributed by atoms with E-state index in [2.05, 4.69) is 37.1 Å². The number of pyridine rings is 1. The summed E-state index contributed by atoms with van der Waals surface area (Å²) in [7, 11) is 0. The molecule has 2 aromatic rings. The first-order valence-corrected chi connectivity index (χ1v) is 7.51. The predicted molar refractivity (Wildman–Crippen MR) is 87.0 cm³/mol. The fourth-order valence-corrected chi connectivity index (χ4v) is 2.18. The van der Waals surface area contributed by atoms with Crippen LogP contribution in [0.1, 0.15) is 25.0 Å². The number of aryl methyl sites for hydroxylation is 1. The van der Waals surface area contributed by atoms with Gasteiger partial charge in [0.05, 0.1) is 11.2 Å². The Bertz CT molecular complexity index is 599. The minimum atomic E-state index is 0.569. The zero-order valence-corrected chi connectivity index (χ0v) is 13.4. The Labute approximate surface area is 131 Å². The molecule has 0 aliphatic rings. The Morgan fingerprint density at radius 3 is 2.76 bits per heavy atom. The zero-order chi connectivity index (χ0) is 15.2. The van der Waals surface area contributed by atoms with E-state index in [1.54, 1.807) is 18.5 Å². The van der Waals surface area contributed by atoms with Crippen molar-refractivity contribution in [1.82, 2.24) is 10.3 Å². The first-order valence-electron chi connectivity index (χ1n) is 7.13. The third-order valence-corrected chi connectivity index (χ3v) is 3.20. The number of hydrogen-bond acceptors (Lipinski definition) is 3. The van der Waals surface area contributed by atoms with Crippen molar-refractivity contribution < 1.29 is 4.74 Å². The second-order valence-electron chi connectivity index (χ2n) is 5.58. The van der Waals surface area contributed by atoms with Gasteiger partial charge in [0.15, 0.2) is 0 Å². The maximum Gasteiger partial charge on any atom is 0.147 e. The number of nitrogens with zero attached hydrogens (tertiary/aromatic N) is 1. The fraction of sp³-hybridized carbons (Fsp3) is 0.353. The van der Waals surface area contributed by atoms with Crippen LogP contribution in [0.5, 0.6) is 11.5 Å². The SMILES string of the molecule is Cc1ccc(Oc2cncc(Cl)c2)c(CNCC(C)C)c1. The van der Waals surface area contributed by atoms with Gasteiger partial charge in [-0.05, 0) is 25.5 Å². The molecule has 0 atom stereocenters. The second kappa shape index (κ2) is 7.43. The number of halogens is 1. The lowest BCUT2D eigenvalue weighted by Crippen LogP contribution is -2.19. The summed E-state index contributed by atoms with van der Waals surface area (Å²) in [6, 6.07) is 7.93. The molecule has 0 saturated carbocycles. The molecule has 0 spiro atoms. The molecule has 0 aliphatic heterocycles. The van der Waals surface area contributed by atoms with Crippen molar-refractivity contribution in [2.45, 2.75) is 27.3 Å². The lowest BCUT2D eigenvalue weighted by atomic mass is 10.1. The molecule has 0 unspecified atom stereocenters. The molecule has 1 aromatic heterocycles. The Morgan fingerprint density at radius 1 is 1.24 bits per heavy atom. The topological polar surface area (TPSA) is 34.1 Å². The summed E-state index contributed by atoms with van der Waals surface area (Å²) in [6.07, 6.45) is 3.26. The Kier molecular flexibility index (Phi) is 5.59. The van der Waals surface area contributed by atoms with Gasteiger partial charge >= 0.3 is 0 Å². The van der Waals surface area contributed by atoms with E-state index in [-0.39, 0.29) is 0 Å². The molecule has 0 radical (unpaired) electrons. The lowest BCUT2D eigenvalue weighted by molar-refractivity contribution is 0.467.